The summed E-state index contributed by atoms with van der Waals surface area (Å²) in [5, 5.41) is 0. The largest absolute Gasteiger partial charge is 0.370 e. The predicted molar refractivity (Wildman–Crippen MR) is 76.5 cm³/mol. The molecule has 0 aromatic rings. The fraction of sp³-hybridized carbons (Fsp3) is 0.867. The van der Waals surface area contributed by atoms with Crippen molar-refractivity contribution >= 4 is 11.8 Å². The van der Waals surface area contributed by atoms with Crippen LogP contribution in [0.1, 0.15) is 71.1 Å². The zero-order chi connectivity index (χ0) is 14.1. The third-order valence-corrected chi connectivity index (χ3v) is 3.94. The number of piperidine rings is 1. The molecule has 110 valence electrons. The number of unbranched alkanes of at least 4 members (excludes halogenated alkanes) is 4. The Labute approximate surface area is 116 Å². The van der Waals surface area contributed by atoms with Crippen LogP contribution in [0, 0.1) is 0 Å². The third kappa shape index (κ3) is 6.60. The summed E-state index contributed by atoms with van der Waals surface area (Å²) >= 11 is 0. The SMILES string of the molecule is CC1CCCCN1C(=O)CCCCCCCC(N)=O. The molecule has 0 spiro atoms. The van der Waals surface area contributed by atoms with Gasteiger partial charge in [0.05, 0.1) is 0 Å². The molecule has 1 saturated heterocycles. The van der Waals surface area contributed by atoms with Crippen LogP contribution >= 0.6 is 0 Å². The first kappa shape index (κ1) is 16.0. The van der Waals surface area contributed by atoms with E-state index in [1.165, 1.54) is 6.42 Å². The summed E-state index contributed by atoms with van der Waals surface area (Å²) in [5.41, 5.74) is 5.08. The Balaban J connectivity index is 2.02. The normalized spacial score (nSPS) is 19.4. The number of hydrogen-bond acceptors (Lipinski definition) is 2. The molecule has 4 heteroatoms. The van der Waals surface area contributed by atoms with E-state index in [1.54, 1.807) is 0 Å². The monoisotopic (exact) mass is 268 g/mol. The van der Waals surface area contributed by atoms with Gasteiger partial charge < -0.3 is 10.6 Å². The van der Waals surface area contributed by atoms with Gasteiger partial charge in [0.15, 0.2) is 0 Å². The van der Waals surface area contributed by atoms with E-state index in [0.29, 0.717) is 24.8 Å². The van der Waals surface area contributed by atoms with E-state index in [4.69, 9.17) is 5.73 Å². The number of rotatable bonds is 8. The van der Waals surface area contributed by atoms with Gasteiger partial charge in [0.25, 0.3) is 0 Å². The van der Waals surface area contributed by atoms with Gasteiger partial charge in [0, 0.05) is 25.4 Å². The molecule has 1 aliphatic rings. The first-order valence-electron chi connectivity index (χ1n) is 7.69. The van der Waals surface area contributed by atoms with Crippen LogP contribution in [-0.4, -0.2) is 29.3 Å². The van der Waals surface area contributed by atoms with Crippen molar-refractivity contribution in [1.29, 1.82) is 0 Å². The lowest BCUT2D eigenvalue weighted by Gasteiger charge is -2.33. The summed E-state index contributed by atoms with van der Waals surface area (Å²) in [6.07, 6.45) is 9.79. The maximum Gasteiger partial charge on any atom is 0.222 e. The standard InChI is InChI=1S/C15H28N2O2/c1-13-9-7-8-12-17(13)15(19)11-6-4-2-3-5-10-14(16)18/h13H,2-12H2,1H3,(H2,16,18). The summed E-state index contributed by atoms with van der Waals surface area (Å²) in [6.45, 7) is 3.10. The lowest BCUT2D eigenvalue weighted by molar-refractivity contribution is -0.134. The molecule has 19 heavy (non-hydrogen) atoms. The van der Waals surface area contributed by atoms with Crippen LogP contribution < -0.4 is 5.73 Å². The van der Waals surface area contributed by atoms with Gasteiger partial charge in [0.1, 0.15) is 0 Å². The molecule has 1 aliphatic heterocycles. The summed E-state index contributed by atoms with van der Waals surface area (Å²) in [7, 11) is 0. The minimum atomic E-state index is -0.214. The lowest BCUT2D eigenvalue weighted by atomic mass is 10.0. The number of likely N-dealkylation sites (tertiary alicyclic amines) is 1. The lowest BCUT2D eigenvalue weighted by Crippen LogP contribution is -2.41. The highest BCUT2D eigenvalue weighted by Crippen LogP contribution is 2.18. The van der Waals surface area contributed by atoms with Crippen molar-refractivity contribution < 1.29 is 9.59 Å². The van der Waals surface area contributed by atoms with Gasteiger partial charge in [-0.25, -0.2) is 0 Å². The fourth-order valence-electron chi connectivity index (χ4n) is 2.72. The predicted octanol–water partition coefficient (Wildman–Crippen LogP) is 2.60. The number of primary amides is 1. The number of amides is 2. The van der Waals surface area contributed by atoms with Gasteiger partial charge in [-0.1, -0.05) is 19.3 Å². The van der Waals surface area contributed by atoms with Gasteiger partial charge >= 0.3 is 0 Å². The Morgan fingerprint density at radius 2 is 1.68 bits per heavy atom. The van der Waals surface area contributed by atoms with Gasteiger partial charge in [-0.2, -0.15) is 0 Å². The molecular formula is C15H28N2O2. The van der Waals surface area contributed by atoms with Crippen molar-refractivity contribution in [2.24, 2.45) is 5.73 Å². The fourth-order valence-corrected chi connectivity index (χ4v) is 2.72. The first-order chi connectivity index (χ1) is 9.11. The van der Waals surface area contributed by atoms with Gasteiger partial charge in [-0.15, -0.1) is 0 Å². The second-order valence-electron chi connectivity index (χ2n) is 5.67. The summed E-state index contributed by atoms with van der Waals surface area (Å²) in [4.78, 5) is 24.7. The van der Waals surface area contributed by atoms with Crippen LogP contribution in [0.25, 0.3) is 0 Å². The van der Waals surface area contributed by atoms with Crippen molar-refractivity contribution in [3.05, 3.63) is 0 Å². The molecule has 0 aliphatic carbocycles. The zero-order valence-electron chi connectivity index (χ0n) is 12.2. The van der Waals surface area contributed by atoms with E-state index >= 15 is 0 Å². The highest BCUT2D eigenvalue weighted by molar-refractivity contribution is 5.76. The summed E-state index contributed by atoms with van der Waals surface area (Å²) in [5.74, 6) is 0.110. The molecule has 1 unspecified atom stereocenters. The Morgan fingerprint density at radius 3 is 2.32 bits per heavy atom. The van der Waals surface area contributed by atoms with Crippen LogP contribution in [0.3, 0.4) is 0 Å². The molecule has 0 aromatic carbocycles. The summed E-state index contributed by atoms with van der Waals surface area (Å²) in [6, 6.07) is 0.428. The highest BCUT2D eigenvalue weighted by atomic mass is 16.2. The third-order valence-electron chi connectivity index (χ3n) is 3.94. The van der Waals surface area contributed by atoms with E-state index < -0.39 is 0 Å². The minimum absolute atomic E-state index is 0.214. The summed E-state index contributed by atoms with van der Waals surface area (Å²) < 4.78 is 0. The molecule has 4 nitrogen and oxygen atoms in total. The Bertz CT molecular complexity index is 292. The van der Waals surface area contributed by atoms with Crippen molar-refractivity contribution in [2.45, 2.75) is 77.2 Å². The number of nitrogens with zero attached hydrogens (tertiary/aromatic N) is 1. The molecule has 0 bridgehead atoms. The van der Waals surface area contributed by atoms with E-state index in [1.807, 2.05) is 0 Å². The molecule has 2 N–H and O–H groups in total. The quantitative estimate of drug-likeness (QED) is 0.688. The Morgan fingerprint density at radius 1 is 1.05 bits per heavy atom. The zero-order valence-corrected chi connectivity index (χ0v) is 12.2. The number of carbonyl (C=O) groups excluding carboxylic acids is 2. The maximum absolute atomic E-state index is 12.1. The van der Waals surface area contributed by atoms with Crippen LogP contribution in [0.2, 0.25) is 0 Å². The van der Waals surface area contributed by atoms with Crippen molar-refractivity contribution in [3.63, 3.8) is 0 Å². The first-order valence-corrected chi connectivity index (χ1v) is 7.69. The van der Waals surface area contributed by atoms with Crippen molar-refractivity contribution in [1.82, 2.24) is 4.90 Å². The van der Waals surface area contributed by atoms with E-state index in [-0.39, 0.29) is 5.91 Å². The average Bonchev–Trinajstić information content (AvgIpc) is 2.37. The minimum Gasteiger partial charge on any atom is -0.370 e. The van der Waals surface area contributed by atoms with Crippen molar-refractivity contribution in [3.8, 4) is 0 Å². The molecule has 1 fully saturated rings. The van der Waals surface area contributed by atoms with Crippen LogP contribution in [0.15, 0.2) is 0 Å². The molecule has 1 atom stereocenters. The smallest absolute Gasteiger partial charge is 0.222 e. The van der Waals surface area contributed by atoms with E-state index in [0.717, 1.165) is 51.5 Å². The molecule has 0 aromatic heterocycles. The van der Waals surface area contributed by atoms with E-state index in [2.05, 4.69) is 11.8 Å². The topological polar surface area (TPSA) is 63.4 Å². The molecule has 1 heterocycles. The second kappa shape index (κ2) is 8.94. The molecular weight excluding hydrogens is 240 g/mol. The van der Waals surface area contributed by atoms with Crippen LogP contribution in [-0.2, 0) is 9.59 Å². The Hall–Kier alpha value is -1.06. The van der Waals surface area contributed by atoms with Crippen molar-refractivity contribution in [2.75, 3.05) is 6.54 Å². The van der Waals surface area contributed by atoms with Gasteiger partial charge in [0.2, 0.25) is 11.8 Å². The Kier molecular flexibility index (Phi) is 7.53. The van der Waals surface area contributed by atoms with E-state index in [9.17, 15) is 9.59 Å². The maximum atomic E-state index is 12.1. The van der Waals surface area contributed by atoms with Crippen LogP contribution in [0.5, 0.6) is 0 Å². The second-order valence-corrected chi connectivity index (χ2v) is 5.67. The number of nitrogens with two attached hydrogens (primary N) is 1. The van der Waals surface area contributed by atoms with Crippen LogP contribution in [0.4, 0.5) is 0 Å². The molecule has 1 rings (SSSR count). The van der Waals surface area contributed by atoms with Gasteiger partial charge in [-0.05, 0) is 39.0 Å². The molecule has 2 amide bonds. The number of hydrogen-bond donors (Lipinski definition) is 1. The molecule has 0 saturated carbocycles. The number of carbonyl (C=O) groups is 2. The average molecular weight is 268 g/mol. The van der Waals surface area contributed by atoms with Gasteiger partial charge in [-0.3, -0.25) is 9.59 Å². The molecule has 0 radical (unpaired) electrons. The highest BCUT2D eigenvalue weighted by Gasteiger charge is 2.22.